The summed E-state index contributed by atoms with van der Waals surface area (Å²) in [5, 5.41) is 3.86. The zero-order valence-electron chi connectivity index (χ0n) is 13.4. The Bertz CT molecular complexity index is 762. The number of rotatable bonds is 3. The number of hydrogen-bond donors (Lipinski definition) is 0. The first-order valence-electron chi connectivity index (χ1n) is 7.61. The number of nitrogens with zero attached hydrogens (tertiary/aromatic N) is 5. The van der Waals surface area contributed by atoms with Crippen molar-refractivity contribution in [2.45, 2.75) is 25.7 Å². The Hall–Kier alpha value is -2.49. The highest BCUT2D eigenvalue weighted by molar-refractivity contribution is 5.95. The lowest BCUT2D eigenvalue weighted by molar-refractivity contribution is -0.142. The number of morpholine rings is 1. The third kappa shape index (κ3) is 3.95. The van der Waals surface area contributed by atoms with Crippen LogP contribution in [-0.4, -0.2) is 56.5 Å². The molecular weight excluding hydrogens is 339 g/mol. The highest BCUT2D eigenvalue weighted by Crippen LogP contribution is 2.25. The quantitative estimate of drug-likeness (QED) is 0.839. The standard InChI is InChI=1S/C15H16F3N5O2/c1-10-11(3-2-4-19-10)14(24)23-5-6-25-7-12(23)13-20-9-22(21-13)8-15(16,17)18/h2-4,9,12H,5-8H2,1H3. The number of ether oxygens (including phenoxy) is 1. The van der Waals surface area contributed by atoms with E-state index in [4.69, 9.17) is 4.74 Å². The van der Waals surface area contributed by atoms with Crippen molar-refractivity contribution in [1.82, 2.24) is 24.6 Å². The first-order chi connectivity index (χ1) is 11.8. The molecule has 0 saturated carbocycles. The Balaban J connectivity index is 1.84. The van der Waals surface area contributed by atoms with E-state index in [1.807, 2.05) is 0 Å². The number of alkyl halides is 3. The van der Waals surface area contributed by atoms with Gasteiger partial charge >= 0.3 is 6.18 Å². The lowest BCUT2D eigenvalue weighted by Crippen LogP contribution is -2.44. The van der Waals surface area contributed by atoms with Crippen LogP contribution >= 0.6 is 0 Å². The van der Waals surface area contributed by atoms with Crippen molar-refractivity contribution >= 4 is 5.91 Å². The van der Waals surface area contributed by atoms with Crippen LogP contribution in [0.2, 0.25) is 0 Å². The Morgan fingerprint density at radius 2 is 2.20 bits per heavy atom. The van der Waals surface area contributed by atoms with Crippen LogP contribution in [0.15, 0.2) is 24.7 Å². The van der Waals surface area contributed by atoms with Crippen molar-refractivity contribution < 1.29 is 22.7 Å². The molecule has 0 N–H and O–H groups in total. The summed E-state index contributed by atoms with van der Waals surface area (Å²) < 4.78 is 43.5. The summed E-state index contributed by atoms with van der Waals surface area (Å²) in [6, 6.07) is 2.68. The van der Waals surface area contributed by atoms with E-state index in [2.05, 4.69) is 15.1 Å². The monoisotopic (exact) mass is 355 g/mol. The molecule has 2 aromatic heterocycles. The van der Waals surface area contributed by atoms with Gasteiger partial charge in [0, 0.05) is 18.4 Å². The summed E-state index contributed by atoms with van der Waals surface area (Å²) >= 11 is 0. The molecule has 1 aliphatic rings. The van der Waals surface area contributed by atoms with Gasteiger partial charge in [-0.25, -0.2) is 9.67 Å². The minimum Gasteiger partial charge on any atom is -0.377 e. The molecule has 1 aliphatic heterocycles. The minimum absolute atomic E-state index is 0.124. The molecule has 1 atom stereocenters. The second-order valence-corrected chi connectivity index (χ2v) is 5.64. The van der Waals surface area contributed by atoms with Gasteiger partial charge in [0.2, 0.25) is 0 Å². The second kappa shape index (κ2) is 6.79. The van der Waals surface area contributed by atoms with Crippen LogP contribution < -0.4 is 0 Å². The molecule has 1 fully saturated rings. The molecule has 2 aromatic rings. The predicted octanol–water partition coefficient (Wildman–Crippen LogP) is 1.76. The van der Waals surface area contributed by atoms with Gasteiger partial charge in [0.25, 0.3) is 5.91 Å². The summed E-state index contributed by atoms with van der Waals surface area (Å²) in [7, 11) is 0. The number of pyridine rings is 1. The highest BCUT2D eigenvalue weighted by atomic mass is 19.4. The molecule has 7 nitrogen and oxygen atoms in total. The van der Waals surface area contributed by atoms with Crippen LogP contribution in [0.1, 0.15) is 27.9 Å². The molecule has 1 amide bonds. The molecule has 0 aliphatic carbocycles. The van der Waals surface area contributed by atoms with Gasteiger partial charge in [-0.05, 0) is 19.1 Å². The molecule has 0 bridgehead atoms. The fraction of sp³-hybridized carbons (Fsp3) is 0.467. The van der Waals surface area contributed by atoms with E-state index in [0.29, 0.717) is 29.1 Å². The highest BCUT2D eigenvalue weighted by Gasteiger charge is 2.34. The van der Waals surface area contributed by atoms with Crippen LogP contribution in [0.5, 0.6) is 0 Å². The molecule has 0 radical (unpaired) electrons. The summed E-state index contributed by atoms with van der Waals surface area (Å²) in [6.45, 7) is 1.25. The largest absolute Gasteiger partial charge is 0.408 e. The Morgan fingerprint density at radius 3 is 2.92 bits per heavy atom. The van der Waals surface area contributed by atoms with E-state index in [-0.39, 0.29) is 18.3 Å². The van der Waals surface area contributed by atoms with E-state index >= 15 is 0 Å². The van der Waals surface area contributed by atoms with Gasteiger partial charge in [-0.1, -0.05) is 0 Å². The van der Waals surface area contributed by atoms with E-state index in [0.717, 1.165) is 6.33 Å². The van der Waals surface area contributed by atoms with Crippen molar-refractivity contribution in [3.05, 3.63) is 41.7 Å². The predicted molar refractivity (Wildman–Crippen MR) is 79.6 cm³/mol. The molecule has 1 unspecified atom stereocenters. The van der Waals surface area contributed by atoms with E-state index < -0.39 is 18.8 Å². The van der Waals surface area contributed by atoms with Gasteiger partial charge in [-0.2, -0.15) is 18.3 Å². The zero-order valence-corrected chi connectivity index (χ0v) is 13.4. The van der Waals surface area contributed by atoms with Crippen LogP contribution in [0, 0.1) is 6.92 Å². The van der Waals surface area contributed by atoms with Crippen LogP contribution in [0.3, 0.4) is 0 Å². The third-order valence-corrected chi connectivity index (χ3v) is 3.82. The minimum atomic E-state index is -4.39. The number of carbonyl (C=O) groups is 1. The van der Waals surface area contributed by atoms with E-state index in [1.54, 1.807) is 25.3 Å². The molecule has 0 aromatic carbocycles. The van der Waals surface area contributed by atoms with Gasteiger partial charge < -0.3 is 9.64 Å². The Labute approximate surface area is 141 Å². The SMILES string of the molecule is Cc1ncccc1C(=O)N1CCOCC1c1ncn(CC(F)(F)F)n1. The number of halogens is 3. The van der Waals surface area contributed by atoms with Gasteiger partial charge in [0.1, 0.15) is 18.9 Å². The topological polar surface area (TPSA) is 73.1 Å². The molecule has 3 rings (SSSR count). The summed E-state index contributed by atoms with van der Waals surface area (Å²) in [6.07, 6.45) is -1.80. The molecule has 0 spiro atoms. The fourth-order valence-corrected chi connectivity index (χ4v) is 2.65. The smallest absolute Gasteiger partial charge is 0.377 e. The van der Waals surface area contributed by atoms with Crippen molar-refractivity contribution in [3.8, 4) is 0 Å². The number of carbonyl (C=O) groups excluding carboxylic acids is 1. The molecule has 10 heteroatoms. The van der Waals surface area contributed by atoms with Crippen molar-refractivity contribution in [2.24, 2.45) is 0 Å². The van der Waals surface area contributed by atoms with Crippen LogP contribution in [-0.2, 0) is 11.3 Å². The number of aromatic nitrogens is 4. The molecule has 25 heavy (non-hydrogen) atoms. The average molecular weight is 355 g/mol. The fourth-order valence-electron chi connectivity index (χ4n) is 2.65. The van der Waals surface area contributed by atoms with Crippen molar-refractivity contribution in [2.75, 3.05) is 19.8 Å². The van der Waals surface area contributed by atoms with Gasteiger partial charge in [-0.15, -0.1) is 0 Å². The van der Waals surface area contributed by atoms with E-state index in [1.165, 1.54) is 4.90 Å². The molecule has 3 heterocycles. The number of hydrogen-bond acceptors (Lipinski definition) is 5. The van der Waals surface area contributed by atoms with Gasteiger partial charge in [0.05, 0.1) is 18.8 Å². The maximum absolute atomic E-state index is 12.8. The van der Waals surface area contributed by atoms with Crippen LogP contribution in [0.4, 0.5) is 13.2 Å². The van der Waals surface area contributed by atoms with Gasteiger partial charge in [0.15, 0.2) is 5.82 Å². The first-order valence-corrected chi connectivity index (χ1v) is 7.61. The van der Waals surface area contributed by atoms with Crippen molar-refractivity contribution in [3.63, 3.8) is 0 Å². The Morgan fingerprint density at radius 1 is 1.40 bits per heavy atom. The summed E-state index contributed by atoms with van der Waals surface area (Å²) in [4.78, 5) is 22.4. The third-order valence-electron chi connectivity index (χ3n) is 3.82. The molecular formula is C15H16F3N5O2. The van der Waals surface area contributed by atoms with E-state index in [9.17, 15) is 18.0 Å². The maximum Gasteiger partial charge on any atom is 0.408 e. The summed E-state index contributed by atoms with van der Waals surface area (Å²) in [5.41, 5.74) is 1.01. The lowest BCUT2D eigenvalue weighted by atomic mass is 10.1. The Kier molecular flexibility index (Phi) is 4.71. The molecule has 134 valence electrons. The first kappa shape index (κ1) is 17.3. The summed E-state index contributed by atoms with van der Waals surface area (Å²) in [5.74, 6) is -0.148. The normalized spacial score (nSPS) is 18.4. The van der Waals surface area contributed by atoms with Crippen molar-refractivity contribution in [1.29, 1.82) is 0 Å². The number of aryl methyl sites for hydroxylation is 1. The van der Waals surface area contributed by atoms with Gasteiger partial charge in [-0.3, -0.25) is 9.78 Å². The maximum atomic E-state index is 12.8. The lowest BCUT2D eigenvalue weighted by Gasteiger charge is -2.34. The average Bonchev–Trinajstić information content (AvgIpc) is 3.01. The van der Waals surface area contributed by atoms with Crippen LogP contribution in [0.25, 0.3) is 0 Å². The number of amides is 1. The zero-order chi connectivity index (χ0) is 18.0. The second-order valence-electron chi connectivity index (χ2n) is 5.64. The molecule has 1 saturated heterocycles.